The Kier molecular flexibility index (Phi) is 4.17. The number of rotatable bonds is 4. The standard InChI is InChI=1S/C20H15ClN7O4P/c1-9-11(3)28(8-23-9)15-5-4-12(7-22-15)10(2)26-27-19-16-14-6-13(21)17-18(16)31-33(29,30-17)32-20(24-14)25-19/h4-8H,1-3H3,(H,24,25,27)/b26-10+. The van der Waals surface area contributed by atoms with E-state index in [1.54, 1.807) is 18.6 Å². The summed E-state index contributed by atoms with van der Waals surface area (Å²) in [6.45, 7) is 5.78. The number of phosphoric acid groups is 1. The first-order valence-corrected chi connectivity index (χ1v) is 11.7. The first-order chi connectivity index (χ1) is 15.8. The topological polar surface area (TPSA) is 126 Å². The lowest BCUT2D eigenvalue weighted by Crippen LogP contribution is -2.08. The van der Waals surface area contributed by atoms with E-state index < -0.39 is 7.82 Å². The van der Waals surface area contributed by atoms with Crippen molar-refractivity contribution in [1.29, 1.82) is 0 Å². The molecule has 0 saturated carbocycles. The van der Waals surface area contributed by atoms with Crippen molar-refractivity contribution in [3.8, 4) is 23.3 Å². The maximum atomic E-state index is 12.6. The van der Waals surface area contributed by atoms with Crippen LogP contribution in [-0.2, 0) is 4.57 Å². The largest absolute Gasteiger partial charge is 0.649 e. The molecule has 6 heterocycles. The summed E-state index contributed by atoms with van der Waals surface area (Å²) in [5.74, 6) is 1.34. The van der Waals surface area contributed by atoms with Gasteiger partial charge in [0.15, 0.2) is 17.3 Å². The normalized spacial score (nSPS) is 18.2. The molecule has 3 aliphatic heterocycles. The van der Waals surface area contributed by atoms with E-state index in [4.69, 9.17) is 25.2 Å². The van der Waals surface area contributed by atoms with Crippen molar-refractivity contribution >= 4 is 41.9 Å². The van der Waals surface area contributed by atoms with Crippen molar-refractivity contribution in [3.63, 3.8) is 0 Å². The number of anilines is 1. The molecule has 0 radical (unpaired) electrons. The molecule has 11 nitrogen and oxygen atoms in total. The molecule has 4 aromatic rings. The summed E-state index contributed by atoms with van der Waals surface area (Å²) >= 11 is 6.22. The van der Waals surface area contributed by atoms with E-state index in [2.05, 4.69) is 30.5 Å². The Morgan fingerprint density at radius 2 is 1.97 bits per heavy atom. The molecule has 5 bridgehead atoms. The van der Waals surface area contributed by atoms with Gasteiger partial charge in [-0.05, 0) is 39.0 Å². The van der Waals surface area contributed by atoms with Crippen LogP contribution in [0.25, 0.3) is 16.7 Å². The van der Waals surface area contributed by atoms with E-state index in [0.29, 0.717) is 22.4 Å². The van der Waals surface area contributed by atoms with Crippen LogP contribution in [0.1, 0.15) is 23.9 Å². The smallest absolute Gasteiger partial charge is 0.381 e. The Bertz CT molecular complexity index is 1550. The summed E-state index contributed by atoms with van der Waals surface area (Å²) in [6.07, 6.45) is 3.47. The summed E-state index contributed by atoms with van der Waals surface area (Å²) in [5.41, 5.74) is 6.80. The summed E-state index contributed by atoms with van der Waals surface area (Å²) < 4.78 is 30.6. The molecule has 0 amide bonds. The molecule has 1 aromatic carbocycles. The van der Waals surface area contributed by atoms with Gasteiger partial charge in [0.2, 0.25) is 0 Å². The SMILES string of the molecule is C/C(=N\Nc1nc2nc3cc(Cl)c4c(c13)OP(=O)(O2)O4)c1ccc(-n2cnc(C)c2C)nc1. The van der Waals surface area contributed by atoms with Gasteiger partial charge in [0.1, 0.15) is 12.1 Å². The molecule has 3 aromatic heterocycles. The Morgan fingerprint density at radius 1 is 1.15 bits per heavy atom. The number of pyridine rings is 1. The lowest BCUT2D eigenvalue weighted by atomic mass is 10.2. The zero-order chi connectivity index (χ0) is 22.9. The van der Waals surface area contributed by atoms with Crippen molar-refractivity contribution in [2.45, 2.75) is 20.8 Å². The second kappa shape index (κ2) is 6.90. The lowest BCUT2D eigenvalue weighted by Gasteiger charge is -2.14. The minimum absolute atomic E-state index is 0.122. The van der Waals surface area contributed by atoms with Crippen molar-refractivity contribution in [2.24, 2.45) is 5.10 Å². The van der Waals surface area contributed by atoms with Crippen LogP contribution in [0.5, 0.6) is 17.5 Å². The predicted octanol–water partition coefficient (Wildman–Crippen LogP) is 4.59. The third-order valence-electron chi connectivity index (χ3n) is 5.42. The van der Waals surface area contributed by atoms with Gasteiger partial charge in [-0.1, -0.05) is 11.6 Å². The Morgan fingerprint density at radius 3 is 2.70 bits per heavy atom. The average Bonchev–Trinajstić information content (AvgIpc) is 3.33. The maximum Gasteiger partial charge on any atom is 0.649 e. The van der Waals surface area contributed by atoms with Crippen molar-refractivity contribution in [2.75, 3.05) is 5.43 Å². The van der Waals surface area contributed by atoms with Gasteiger partial charge >= 0.3 is 13.8 Å². The molecule has 3 aliphatic rings. The van der Waals surface area contributed by atoms with Gasteiger partial charge in [-0.15, -0.1) is 0 Å². The van der Waals surface area contributed by atoms with Crippen molar-refractivity contribution in [3.05, 3.63) is 52.7 Å². The quantitative estimate of drug-likeness (QED) is 0.252. The fourth-order valence-corrected chi connectivity index (χ4v) is 5.02. The lowest BCUT2D eigenvalue weighted by molar-refractivity contribution is 0.321. The van der Waals surface area contributed by atoms with E-state index in [1.807, 2.05) is 37.5 Å². The zero-order valence-corrected chi connectivity index (χ0v) is 19.2. The third-order valence-corrected chi connectivity index (χ3v) is 6.90. The number of phosphoric ester groups is 1. The molecule has 13 heteroatoms. The molecule has 33 heavy (non-hydrogen) atoms. The Hall–Kier alpha value is -3.69. The second-order valence-electron chi connectivity index (χ2n) is 7.49. The highest BCUT2D eigenvalue weighted by Crippen LogP contribution is 2.64. The number of nitrogens with zero attached hydrogens (tertiary/aromatic N) is 6. The molecule has 1 N–H and O–H groups in total. The second-order valence-corrected chi connectivity index (χ2v) is 9.34. The Balaban J connectivity index is 1.34. The number of hydrogen-bond donors (Lipinski definition) is 1. The number of imidazole rings is 1. The molecule has 0 aliphatic carbocycles. The van der Waals surface area contributed by atoms with Crippen LogP contribution in [0, 0.1) is 13.8 Å². The molecule has 0 spiro atoms. The number of fused-ring (bicyclic) bond motifs is 1. The number of hydrazone groups is 1. The van der Waals surface area contributed by atoms with Crippen LogP contribution in [0.4, 0.5) is 5.82 Å². The number of nitrogens with one attached hydrogen (secondary N) is 1. The van der Waals surface area contributed by atoms with Gasteiger partial charge in [-0.3, -0.25) is 9.99 Å². The molecular formula is C20H15ClN7O4P. The van der Waals surface area contributed by atoms with E-state index in [9.17, 15) is 4.57 Å². The maximum absolute atomic E-state index is 12.6. The number of aryl methyl sites for hydroxylation is 1. The van der Waals surface area contributed by atoms with Gasteiger partial charge in [0, 0.05) is 17.5 Å². The van der Waals surface area contributed by atoms with Crippen LogP contribution in [0.2, 0.25) is 5.02 Å². The van der Waals surface area contributed by atoms with E-state index in [1.165, 1.54) is 0 Å². The van der Waals surface area contributed by atoms with Gasteiger partial charge < -0.3 is 13.6 Å². The number of benzene rings is 1. The fourth-order valence-electron chi connectivity index (χ4n) is 3.54. The monoisotopic (exact) mass is 483 g/mol. The van der Waals surface area contributed by atoms with E-state index >= 15 is 0 Å². The van der Waals surface area contributed by atoms with Gasteiger partial charge in [-0.2, -0.15) is 19.6 Å². The molecule has 1 atom stereocenters. The van der Waals surface area contributed by atoms with Crippen LogP contribution in [0.15, 0.2) is 35.8 Å². The molecule has 7 rings (SSSR count). The molecule has 0 fully saturated rings. The summed E-state index contributed by atoms with van der Waals surface area (Å²) in [5, 5.41) is 5.08. The molecular weight excluding hydrogens is 469 g/mol. The van der Waals surface area contributed by atoms with Crippen LogP contribution < -0.4 is 19.0 Å². The summed E-state index contributed by atoms with van der Waals surface area (Å²) in [4.78, 5) is 17.3. The van der Waals surface area contributed by atoms with Crippen LogP contribution in [-0.4, -0.2) is 30.2 Å². The highest BCUT2D eigenvalue weighted by molar-refractivity contribution is 7.50. The summed E-state index contributed by atoms with van der Waals surface area (Å²) in [6, 6.07) is 5.20. The van der Waals surface area contributed by atoms with E-state index in [-0.39, 0.29) is 22.5 Å². The third kappa shape index (κ3) is 3.12. The zero-order valence-electron chi connectivity index (χ0n) is 17.5. The van der Waals surface area contributed by atoms with Crippen LogP contribution in [0.3, 0.4) is 0 Å². The summed E-state index contributed by atoms with van der Waals surface area (Å²) in [7, 11) is -3.91. The minimum Gasteiger partial charge on any atom is -0.381 e. The highest BCUT2D eigenvalue weighted by atomic mass is 35.5. The highest BCUT2D eigenvalue weighted by Gasteiger charge is 2.47. The Labute approximate surface area is 192 Å². The van der Waals surface area contributed by atoms with Crippen molar-refractivity contribution < 1.29 is 18.1 Å². The molecule has 166 valence electrons. The van der Waals surface area contributed by atoms with Crippen molar-refractivity contribution in [1.82, 2.24) is 24.5 Å². The first kappa shape index (κ1) is 20.0. The predicted molar refractivity (Wildman–Crippen MR) is 121 cm³/mol. The average molecular weight is 484 g/mol. The minimum atomic E-state index is -3.91. The molecule has 1 unspecified atom stereocenters. The van der Waals surface area contributed by atoms with E-state index in [0.717, 1.165) is 22.8 Å². The first-order valence-electron chi connectivity index (χ1n) is 9.82. The fraction of sp³-hybridized carbons (Fsp3) is 0.150. The van der Waals surface area contributed by atoms with Gasteiger partial charge in [0.25, 0.3) is 0 Å². The number of halogens is 1. The van der Waals surface area contributed by atoms with Crippen LogP contribution >= 0.6 is 19.4 Å². The van der Waals surface area contributed by atoms with Gasteiger partial charge in [-0.25, -0.2) is 9.97 Å². The number of hydrogen-bond acceptors (Lipinski definition) is 10. The van der Waals surface area contributed by atoms with Gasteiger partial charge in [0.05, 0.1) is 27.3 Å². The number of aromatic nitrogens is 5. The molecule has 0 saturated heterocycles.